The van der Waals surface area contributed by atoms with Crippen LogP contribution in [0.15, 0.2) is 12.1 Å². The van der Waals surface area contributed by atoms with E-state index in [9.17, 15) is 8.78 Å². The number of benzene rings is 1. The molecule has 0 aromatic heterocycles. The van der Waals surface area contributed by atoms with Gasteiger partial charge < -0.3 is 5.73 Å². The van der Waals surface area contributed by atoms with E-state index in [0.29, 0.717) is 18.5 Å². The lowest BCUT2D eigenvalue weighted by atomic mass is 10.1. The molecule has 0 fully saturated rings. The summed E-state index contributed by atoms with van der Waals surface area (Å²) in [6.07, 6.45) is 0.586. The first-order valence-corrected chi connectivity index (χ1v) is 3.80. The highest BCUT2D eigenvalue weighted by Crippen LogP contribution is 2.15. The van der Waals surface area contributed by atoms with Gasteiger partial charge in [-0.2, -0.15) is 0 Å². The predicted octanol–water partition coefficient (Wildman–Crippen LogP) is 1.77. The number of halogens is 2. The lowest BCUT2D eigenvalue weighted by molar-refractivity contribution is 0.501. The number of rotatable bonds is 2. The van der Waals surface area contributed by atoms with Crippen LogP contribution in [0.1, 0.15) is 11.1 Å². The molecule has 0 saturated carbocycles. The highest BCUT2D eigenvalue weighted by Gasteiger charge is 2.07. The van der Waals surface area contributed by atoms with E-state index in [1.54, 1.807) is 13.0 Å². The first kappa shape index (κ1) is 9.13. The Hall–Kier alpha value is -0.960. The molecule has 0 radical (unpaired) electrons. The van der Waals surface area contributed by atoms with E-state index in [4.69, 9.17) is 5.73 Å². The van der Waals surface area contributed by atoms with Gasteiger partial charge in [0.25, 0.3) is 0 Å². The summed E-state index contributed by atoms with van der Waals surface area (Å²) in [7, 11) is 0. The summed E-state index contributed by atoms with van der Waals surface area (Å²) in [4.78, 5) is 0. The van der Waals surface area contributed by atoms with E-state index < -0.39 is 11.6 Å². The van der Waals surface area contributed by atoms with Crippen LogP contribution in [0.4, 0.5) is 8.78 Å². The molecule has 0 spiro atoms. The molecule has 0 saturated heterocycles. The van der Waals surface area contributed by atoms with Gasteiger partial charge in [-0.3, -0.25) is 0 Å². The van der Waals surface area contributed by atoms with Crippen LogP contribution in [0.25, 0.3) is 0 Å². The monoisotopic (exact) mass is 171 g/mol. The van der Waals surface area contributed by atoms with E-state index in [-0.39, 0.29) is 0 Å². The molecular formula is C9H11F2N. The van der Waals surface area contributed by atoms with Gasteiger partial charge in [-0.1, -0.05) is 6.07 Å². The maximum atomic E-state index is 12.9. The van der Waals surface area contributed by atoms with Crippen LogP contribution in [-0.2, 0) is 6.42 Å². The zero-order valence-corrected chi connectivity index (χ0v) is 6.90. The molecule has 0 bridgehead atoms. The Morgan fingerprint density at radius 3 is 2.58 bits per heavy atom. The largest absolute Gasteiger partial charge is 0.330 e. The zero-order chi connectivity index (χ0) is 9.14. The van der Waals surface area contributed by atoms with E-state index >= 15 is 0 Å². The average Bonchev–Trinajstić information content (AvgIpc) is 2.07. The van der Waals surface area contributed by atoms with E-state index in [0.717, 1.165) is 11.6 Å². The van der Waals surface area contributed by atoms with Gasteiger partial charge in [-0.05, 0) is 37.1 Å². The van der Waals surface area contributed by atoms with Gasteiger partial charge >= 0.3 is 0 Å². The second-order valence-electron chi connectivity index (χ2n) is 2.68. The Bertz CT molecular complexity index is 284. The molecule has 0 aliphatic carbocycles. The molecule has 0 aliphatic rings. The van der Waals surface area contributed by atoms with Gasteiger partial charge in [0.2, 0.25) is 0 Å². The molecule has 1 nitrogen and oxygen atoms in total. The van der Waals surface area contributed by atoms with Crippen LogP contribution in [0.5, 0.6) is 0 Å². The highest BCUT2D eigenvalue weighted by molar-refractivity contribution is 5.28. The van der Waals surface area contributed by atoms with Crippen molar-refractivity contribution in [1.82, 2.24) is 0 Å². The fourth-order valence-corrected chi connectivity index (χ4v) is 1.12. The first-order valence-electron chi connectivity index (χ1n) is 3.80. The standard InChI is InChI=1S/C9H11F2N/c1-6-7(4-5-12)2-3-8(10)9(6)11/h2-3H,4-5,12H2,1H3. The lowest BCUT2D eigenvalue weighted by Crippen LogP contribution is -2.05. The Kier molecular flexibility index (Phi) is 2.76. The Morgan fingerprint density at radius 2 is 2.00 bits per heavy atom. The maximum absolute atomic E-state index is 12.9. The fraction of sp³-hybridized carbons (Fsp3) is 0.333. The quantitative estimate of drug-likeness (QED) is 0.721. The third-order valence-corrected chi connectivity index (χ3v) is 1.87. The zero-order valence-electron chi connectivity index (χ0n) is 6.90. The summed E-state index contributed by atoms with van der Waals surface area (Å²) in [5, 5.41) is 0. The van der Waals surface area contributed by atoms with E-state index in [1.165, 1.54) is 0 Å². The van der Waals surface area contributed by atoms with Gasteiger partial charge in [0.05, 0.1) is 0 Å². The summed E-state index contributed by atoms with van der Waals surface area (Å²) in [6, 6.07) is 2.70. The molecule has 12 heavy (non-hydrogen) atoms. The molecular weight excluding hydrogens is 160 g/mol. The second kappa shape index (κ2) is 3.63. The van der Waals surface area contributed by atoms with Crippen molar-refractivity contribution in [3.8, 4) is 0 Å². The molecule has 1 aromatic carbocycles. The summed E-state index contributed by atoms with van der Waals surface area (Å²) in [6.45, 7) is 2.01. The summed E-state index contributed by atoms with van der Waals surface area (Å²) >= 11 is 0. The van der Waals surface area contributed by atoms with Crippen molar-refractivity contribution < 1.29 is 8.78 Å². The van der Waals surface area contributed by atoms with Gasteiger partial charge in [-0.25, -0.2) is 8.78 Å². The van der Waals surface area contributed by atoms with Crippen LogP contribution < -0.4 is 5.73 Å². The third-order valence-electron chi connectivity index (χ3n) is 1.87. The fourth-order valence-electron chi connectivity index (χ4n) is 1.12. The van der Waals surface area contributed by atoms with Crippen LogP contribution in [-0.4, -0.2) is 6.54 Å². The molecule has 0 aliphatic heterocycles. The minimum absolute atomic E-state index is 0.362. The van der Waals surface area contributed by atoms with Crippen LogP contribution in [0, 0.1) is 18.6 Å². The number of hydrogen-bond acceptors (Lipinski definition) is 1. The molecule has 1 rings (SSSR count). The summed E-state index contributed by atoms with van der Waals surface area (Å²) < 4.78 is 25.5. The predicted molar refractivity (Wildman–Crippen MR) is 43.9 cm³/mol. The SMILES string of the molecule is Cc1c(CCN)ccc(F)c1F. The molecule has 0 amide bonds. The normalized spacial score (nSPS) is 10.3. The van der Waals surface area contributed by atoms with E-state index in [2.05, 4.69) is 0 Å². The van der Waals surface area contributed by atoms with Crippen LogP contribution in [0.2, 0.25) is 0 Å². The summed E-state index contributed by atoms with van der Waals surface area (Å²) in [5.41, 5.74) is 6.44. The lowest BCUT2D eigenvalue weighted by Gasteiger charge is -2.05. The Morgan fingerprint density at radius 1 is 1.33 bits per heavy atom. The Balaban J connectivity index is 3.08. The molecule has 66 valence electrons. The molecule has 3 heteroatoms. The smallest absolute Gasteiger partial charge is 0.161 e. The van der Waals surface area contributed by atoms with Crippen molar-refractivity contribution in [2.75, 3.05) is 6.54 Å². The van der Waals surface area contributed by atoms with Crippen molar-refractivity contribution >= 4 is 0 Å². The topological polar surface area (TPSA) is 26.0 Å². The molecule has 0 heterocycles. The van der Waals surface area contributed by atoms with Crippen molar-refractivity contribution in [3.05, 3.63) is 34.9 Å². The number of hydrogen-bond donors (Lipinski definition) is 1. The van der Waals surface area contributed by atoms with Gasteiger partial charge in [-0.15, -0.1) is 0 Å². The minimum Gasteiger partial charge on any atom is -0.330 e. The number of nitrogens with two attached hydrogens (primary N) is 1. The van der Waals surface area contributed by atoms with Crippen molar-refractivity contribution in [2.45, 2.75) is 13.3 Å². The molecule has 0 atom stereocenters. The Labute approximate surface area is 70.2 Å². The van der Waals surface area contributed by atoms with Crippen molar-refractivity contribution in [3.63, 3.8) is 0 Å². The van der Waals surface area contributed by atoms with Crippen LogP contribution >= 0.6 is 0 Å². The second-order valence-corrected chi connectivity index (χ2v) is 2.68. The summed E-state index contributed by atoms with van der Waals surface area (Å²) in [5.74, 6) is -1.56. The molecule has 1 aromatic rings. The highest BCUT2D eigenvalue weighted by atomic mass is 19.2. The van der Waals surface area contributed by atoms with Gasteiger partial charge in [0.15, 0.2) is 11.6 Å². The molecule has 2 N–H and O–H groups in total. The average molecular weight is 171 g/mol. The van der Waals surface area contributed by atoms with Crippen molar-refractivity contribution in [2.24, 2.45) is 5.73 Å². The van der Waals surface area contributed by atoms with E-state index in [1.807, 2.05) is 0 Å². The van der Waals surface area contributed by atoms with Crippen LogP contribution in [0.3, 0.4) is 0 Å². The van der Waals surface area contributed by atoms with Gasteiger partial charge in [0.1, 0.15) is 0 Å². The maximum Gasteiger partial charge on any atom is 0.161 e. The third kappa shape index (κ3) is 1.61. The minimum atomic E-state index is -0.798. The van der Waals surface area contributed by atoms with Crippen molar-refractivity contribution in [1.29, 1.82) is 0 Å². The van der Waals surface area contributed by atoms with Gasteiger partial charge in [0, 0.05) is 0 Å². The first-order chi connectivity index (χ1) is 5.66. The molecule has 0 unspecified atom stereocenters.